The van der Waals surface area contributed by atoms with Gasteiger partial charge in [-0.25, -0.2) is 0 Å². The maximum absolute atomic E-state index is 11.3. The standard InChI is InChI=1S/C24H22O2/c1-23(25,21-13-11-17-7-3-5-9-19(17)15-21)24(2,26)22-14-12-18-8-4-6-10-20(18)16-22/h3-16,25-26H,1-2H3. The van der Waals surface area contributed by atoms with Crippen LogP contribution in [-0.2, 0) is 11.2 Å². The van der Waals surface area contributed by atoms with Crippen molar-refractivity contribution >= 4 is 21.5 Å². The van der Waals surface area contributed by atoms with Crippen LogP contribution in [0, 0.1) is 0 Å². The van der Waals surface area contributed by atoms with Crippen molar-refractivity contribution in [1.82, 2.24) is 0 Å². The van der Waals surface area contributed by atoms with E-state index in [-0.39, 0.29) is 0 Å². The van der Waals surface area contributed by atoms with E-state index in [4.69, 9.17) is 0 Å². The first-order valence-electron chi connectivity index (χ1n) is 8.83. The normalized spacial score (nSPS) is 16.3. The molecule has 0 bridgehead atoms. The molecule has 2 nitrogen and oxygen atoms in total. The zero-order valence-electron chi connectivity index (χ0n) is 15.0. The Morgan fingerprint density at radius 3 is 1.23 bits per heavy atom. The first kappa shape index (κ1) is 16.8. The minimum absolute atomic E-state index is 0.689. The molecule has 2 atom stereocenters. The van der Waals surface area contributed by atoms with Crippen molar-refractivity contribution in [3.05, 3.63) is 96.1 Å². The zero-order chi connectivity index (χ0) is 18.4. The number of hydrogen-bond acceptors (Lipinski definition) is 2. The largest absolute Gasteiger partial charge is 0.382 e. The third kappa shape index (κ3) is 2.59. The van der Waals surface area contributed by atoms with Crippen molar-refractivity contribution in [1.29, 1.82) is 0 Å². The third-order valence-electron chi connectivity index (χ3n) is 5.57. The molecule has 130 valence electrons. The van der Waals surface area contributed by atoms with Gasteiger partial charge in [0.2, 0.25) is 0 Å². The summed E-state index contributed by atoms with van der Waals surface area (Å²) in [5.41, 5.74) is -1.51. The minimum atomic E-state index is -1.44. The SMILES string of the molecule is CC(O)(c1ccc2ccccc2c1)C(C)(O)c1ccc2ccccc2c1. The Morgan fingerprint density at radius 2 is 0.846 bits per heavy atom. The molecule has 0 fully saturated rings. The highest BCUT2D eigenvalue weighted by atomic mass is 16.4. The number of hydrogen-bond donors (Lipinski definition) is 2. The van der Waals surface area contributed by atoms with Gasteiger partial charge < -0.3 is 10.2 Å². The highest BCUT2D eigenvalue weighted by Crippen LogP contribution is 2.41. The summed E-state index contributed by atoms with van der Waals surface area (Å²) in [6, 6.07) is 27.7. The maximum atomic E-state index is 11.3. The Balaban J connectivity index is 1.82. The molecule has 0 saturated heterocycles. The molecule has 26 heavy (non-hydrogen) atoms. The van der Waals surface area contributed by atoms with Crippen LogP contribution in [0.25, 0.3) is 21.5 Å². The van der Waals surface area contributed by atoms with Gasteiger partial charge in [-0.1, -0.05) is 72.8 Å². The predicted molar refractivity (Wildman–Crippen MR) is 107 cm³/mol. The summed E-state index contributed by atoms with van der Waals surface area (Å²) >= 11 is 0. The van der Waals surface area contributed by atoms with E-state index in [0.717, 1.165) is 21.5 Å². The smallest absolute Gasteiger partial charge is 0.119 e. The van der Waals surface area contributed by atoms with Gasteiger partial charge in [0, 0.05) is 0 Å². The van der Waals surface area contributed by atoms with Gasteiger partial charge >= 0.3 is 0 Å². The average molecular weight is 342 g/mol. The molecule has 0 heterocycles. The average Bonchev–Trinajstić information content (AvgIpc) is 2.67. The molecule has 0 aliphatic rings. The van der Waals surface area contributed by atoms with Gasteiger partial charge in [0.25, 0.3) is 0 Å². The van der Waals surface area contributed by atoms with Crippen LogP contribution in [0.15, 0.2) is 84.9 Å². The first-order chi connectivity index (χ1) is 12.4. The van der Waals surface area contributed by atoms with E-state index in [1.807, 2.05) is 84.9 Å². The molecule has 0 radical (unpaired) electrons. The van der Waals surface area contributed by atoms with Crippen LogP contribution < -0.4 is 0 Å². The molecule has 4 rings (SSSR count). The predicted octanol–water partition coefficient (Wildman–Crippen LogP) is 5.11. The van der Waals surface area contributed by atoms with E-state index in [2.05, 4.69) is 0 Å². The number of rotatable bonds is 3. The van der Waals surface area contributed by atoms with Crippen LogP contribution in [-0.4, -0.2) is 10.2 Å². The van der Waals surface area contributed by atoms with Crippen molar-refractivity contribution in [2.45, 2.75) is 25.0 Å². The van der Waals surface area contributed by atoms with Crippen LogP contribution in [0.3, 0.4) is 0 Å². The molecule has 2 N–H and O–H groups in total. The lowest BCUT2D eigenvalue weighted by molar-refractivity contribution is -0.143. The second-order valence-corrected chi connectivity index (χ2v) is 7.27. The van der Waals surface area contributed by atoms with Crippen LogP contribution in [0.1, 0.15) is 25.0 Å². The van der Waals surface area contributed by atoms with E-state index < -0.39 is 11.2 Å². The van der Waals surface area contributed by atoms with Crippen molar-refractivity contribution in [3.8, 4) is 0 Å². The fourth-order valence-corrected chi connectivity index (χ4v) is 3.55. The second-order valence-electron chi connectivity index (χ2n) is 7.27. The molecule has 0 aliphatic heterocycles. The topological polar surface area (TPSA) is 40.5 Å². The van der Waals surface area contributed by atoms with Crippen molar-refractivity contribution in [3.63, 3.8) is 0 Å². The van der Waals surface area contributed by atoms with Crippen molar-refractivity contribution in [2.24, 2.45) is 0 Å². The maximum Gasteiger partial charge on any atom is 0.119 e. The summed E-state index contributed by atoms with van der Waals surface area (Å²) in [6.45, 7) is 3.35. The Labute approximate surface area is 153 Å². The molecule has 4 aromatic carbocycles. The Morgan fingerprint density at radius 1 is 0.500 bits per heavy atom. The van der Waals surface area contributed by atoms with Crippen LogP contribution >= 0.6 is 0 Å². The summed E-state index contributed by atoms with van der Waals surface area (Å²) in [5.74, 6) is 0. The van der Waals surface area contributed by atoms with Crippen LogP contribution in [0.2, 0.25) is 0 Å². The van der Waals surface area contributed by atoms with Crippen LogP contribution in [0.5, 0.6) is 0 Å². The lowest BCUT2D eigenvalue weighted by Gasteiger charge is -2.39. The van der Waals surface area contributed by atoms with E-state index in [1.54, 1.807) is 13.8 Å². The molecule has 0 spiro atoms. The monoisotopic (exact) mass is 342 g/mol. The molecular weight excluding hydrogens is 320 g/mol. The quantitative estimate of drug-likeness (QED) is 0.543. The Hall–Kier alpha value is -2.68. The highest BCUT2D eigenvalue weighted by molar-refractivity contribution is 5.84. The van der Waals surface area contributed by atoms with E-state index in [1.165, 1.54) is 0 Å². The summed E-state index contributed by atoms with van der Waals surface area (Å²) in [6.07, 6.45) is 0. The molecule has 2 heteroatoms. The highest BCUT2D eigenvalue weighted by Gasteiger charge is 2.44. The van der Waals surface area contributed by atoms with Crippen LogP contribution in [0.4, 0.5) is 0 Å². The lowest BCUT2D eigenvalue weighted by Crippen LogP contribution is -2.45. The number of benzene rings is 4. The molecule has 0 aliphatic carbocycles. The molecular formula is C24H22O2. The fourth-order valence-electron chi connectivity index (χ4n) is 3.55. The minimum Gasteiger partial charge on any atom is -0.382 e. The summed E-state index contributed by atoms with van der Waals surface area (Å²) < 4.78 is 0. The molecule has 0 aromatic heterocycles. The third-order valence-corrected chi connectivity index (χ3v) is 5.57. The van der Waals surface area contributed by atoms with Gasteiger partial charge in [-0.05, 0) is 58.7 Å². The Kier molecular flexibility index (Phi) is 3.83. The van der Waals surface area contributed by atoms with Gasteiger partial charge in [-0.3, -0.25) is 0 Å². The number of fused-ring (bicyclic) bond motifs is 2. The van der Waals surface area contributed by atoms with Gasteiger partial charge in [-0.15, -0.1) is 0 Å². The van der Waals surface area contributed by atoms with Gasteiger partial charge in [-0.2, -0.15) is 0 Å². The van der Waals surface area contributed by atoms with E-state index >= 15 is 0 Å². The van der Waals surface area contributed by atoms with E-state index in [9.17, 15) is 10.2 Å². The van der Waals surface area contributed by atoms with Crippen molar-refractivity contribution < 1.29 is 10.2 Å². The van der Waals surface area contributed by atoms with Gasteiger partial charge in [0.1, 0.15) is 11.2 Å². The lowest BCUT2D eigenvalue weighted by atomic mass is 9.75. The second kappa shape index (κ2) is 5.94. The fraction of sp³-hybridized carbons (Fsp3) is 0.167. The van der Waals surface area contributed by atoms with Gasteiger partial charge in [0.15, 0.2) is 0 Å². The summed E-state index contributed by atoms with van der Waals surface area (Å²) in [7, 11) is 0. The zero-order valence-corrected chi connectivity index (χ0v) is 15.0. The summed E-state index contributed by atoms with van der Waals surface area (Å²) in [4.78, 5) is 0. The molecule has 0 amide bonds. The van der Waals surface area contributed by atoms with E-state index in [0.29, 0.717) is 11.1 Å². The number of aliphatic hydroxyl groups is 2. The van der Waals surface area contributed by atoms with Gasteiger partial charge in [0.05, 0.1) is 0 Å². The summed E-state index contributed by atoms with van der Waals surface area (Å²) in [5, 5.41) is 27.0. The molecule has 4 aromatic rings. The molecule has 2 unspecified atom stereocenters. The Bertz CT molecular complexity index is 1000. The molecule has 0 saturated carbocycles. The first-order valence-corrected chi connectivity index (χ1v) is 8.83. The van der Waals surface area contributed by atoms with Crippen molar-refractivity contribution in [2.75, 3.05) is 0 Å².